The summed E-state index contributed by atoms with van der Waals surface area (Å²) in [6.07, 6.45) is 3.24. The molecule has 0 fully saturated rings. The number of aromatic nitrogens is 2. The minimum Gasteiger partial charge on any atom is -0.350 e. The maximum atomic E-state index is 11.6. The molecular weight excluding hydrogens is 308 g/mol. The van der Waals surface area contributed by atoms with Crippen molar-refractivity contribution in [3.63, 3.8) is 0 Å². The van der Waals surface area contributed by atoms with E-state index in [0.717, 1.165) is 10.0 Å². The third-order valence-corrected chi connectivity index (χ3v) is 2.77. The zero-order valence-electron chi connectivity index (χ0n) is 10.1. The van der Waals surface area contributed by atoms with Crippen LogP contribution >= 0.6 is 15.9 Å². The van der Waals surface area contributed by atoms with Gasteiger partial charge in [-0.15, -0.1) is 0 Å². The molecule has 2 N–H and O–H groups in total. The monoisotopic (exact) mass is 320 g/mol. The maximum Gasteiger partial charge on any atom is 0.239 e. The lowest BCUT2D eigenvalue weighted by Crippen LogP contribution is -2.29. The Kier molecular flexibility index (Phi) is 4.85. The number of halogens is 1. The van der Waals surface area contributed by atoms with Crippen molar-refractivity contribution in [2.45, 2.75) is 6.54 Å². The lowest BCUT2D eigenvalue weighted by molar-refractivity contribution is -0.119. The molecule has 1 aromatic heterocycles. The number of amides is 1. The Morgan fingerprint density at radius 1 is 1.16 bits per heavy atom. The van der Waals surface area contributed by atoms with Crippen molar-refractivity contribution in [3.8, 4) is 0 Å². The van der Waals surface area contributed by atoms with E-state index in [2.05, 4.69) is 36.5 Å². The van der Waals surface area contributed by atoms with Crippen LogP contribution < -0.4 is 10.6 Å². The number of rotatable bonds is 5. The van der Waals surface area contributed by atoms with Gasteiger partial charge in [0.15, 0.2) is 0 Å². The van der Waals surface area contributed by atoms with Crippen molar-refractivity contribution in [3.05, 3.63) is 52.8 Å². The topological polar surface area (TPSA) is 66.9 Å². The number of carbonyl (C=O) groups excluding carboxylic acids is 1. The molecule has 0 aliphatic carbocycles. The molecule has 0 aliphatic rings. The van der Waals surface area contributed by atoms with Crippen LogP contribution in [0, 0.1) is 0 Å². The lowest BCUT2D eigenvalue weighted by Gasteiger charge is -2.06. The van der Waals surface area contributed by atoms with E-state index in [0.29, 0.717) is 12.5 Å². The van der Waals surface area contributed by atoms with Crippen molar-refractivity contribution in [2.24, 2.45) is 0 Å². The predicted octanol–water partition coefficient (Wildman–Crippen LogP) is 1.97. The van der Waals surface area contributed by atoms with Gasteiger partial charge in [0, 0.05) is 18.9 Å². The van der Waals surface area contributed by atoms with Gasteiger partial charge in [-0.1, -0.05) is 30.3 Å². The third kappa shape index (κ3) is 4.67. The number of hydrogen-bond acceptors (Lipinski definition) is 4. The summed E-state index contributed by atoms with van der Waals surface area (Å²) < 4.78 is 0.798. The molecule has 98 valence electrons. The fourth-order valence-electron chi connectivity index (χ4n) is 1.42. The summed E-state index contributed by atoms with van der Waals surface area (Å²) in [6, 6.07) is 9.75. The van der Waals surface area contributed by atoms with Gasteiger partial charge in [-0.25, -0.2) is 9.97 Å². The van der Waals surface area contributed by atoms with Crippen molar-refractivity contribution in [1.82, 2.24) is 15.3 Å². The van der Waals surface area contributed by atoms with Gasteiger partial charge in [-0.3, -0.25) is 4.79 Å². The summed E-state index contributed by atoms with van der Waals surface area (Å²) in [6.45, 7) is 0.664. The molecule has 1 amide bonds. The molecule has 0 saturated heterocycles. The molecule has 2 aromatic rings. The molecule has 0 spiro atoms. The fourth-order valence-corrected chi connectivity index (χ4v) is 1.63. The molecule has 0 atom stereocenters. The molecule has 1 aromatic carbocycles. The van der Waals surface area contributed by atoms with E-state index >= 15 is 0 Å². The first kappa shape index (κ1) is 13.5. The SMILES string of the molecule is O=C(CNc1ncc(Br)cn1)NCc1ccccc1. The van der Waals surface area contributed by atoms with Gasteiger partial charge in [-0.2, -0.15) is 0 Å². The highest BCUT2D eigenvalue weighted by molar-refractivity contribution is 9.10. The van der Waals surface area contributed by atoms with Crippen molar-refractivity contribution in [2.75, 3.05) is 11.9 Å². The van der Waals surface area contributed by atoms with Crippen LogP contribution in [0.1, 0.15) is 5.56 Å². The zero-order chi connectivity index (χ0) is 13.5. The molecule has 1 heterocycles. The molecule has 19 heavy (non-hydrogen) atoms. The Hall–Kier alpha value is -1.95. The summed E-state index contributed by atoms with van der Waals surface area (Å²) >= 11 is 3.24. The van der Waals surface area contributed by atoms with Crippen molar-refractivity contribution in [1.29, 1.82) is 0 Å². The van der Waals surface area contributed by atoms with Gasteiger partial charge >= 0.3 is 0 Å². The van der Waals surface area contributed by atoms with Crippen LogP contribution in [0.5, 0.6) is 0 Å². The van der Waals surface area contributed by atoms with Crippen LogP contribution in [-0.4, -0.2) is 22.4 Å². The first-order valence-electron chi connectivity index (χ1n) is 5.76. The molecule has 0 unspecified atom stereocenters. The summed E-state index contributed by atoms with van der Waals surface area (Å²) in [5.74, 6) is 0.327. The van der Waals surface area contributed by atoms with Gasteiger partial charge in [0.25, 0.3) is 0 Å². The van der Waals surface area contributed by atoms with E-state index in [4.69, 9.17) is 0 Å². The summed E-state index contributed by atoms with van der Waals surface area (Å²) in [5, 5.41) is 5.67. The maximum absolute atomic E-state index is 11.6. The minimum absolute atomic E-state index is 0.102. The minimum atomic E-state index is -0.102. The Balaban J connectivity index is 1.74. The van der Waals surface area contributed by atoms with Gasteiger partial charge < -0.3 is 10.6 Å². The quantitative estimate of drug-likeness (QED) is 0.883. The molecule has 0 aliphatic heterocycles. The first-order valence-corrected chi connectivity index (χ1v) is 6.55. The second-order valence-electron chi connectivity index (χ2n) is 3.84. The van der Waals surface area contributed by atoms with E-state index in [9.17, 15) is 4.79 Å². The first-order chi connectivity index (χ1) is 9.24. The summed E-state index contributed by atoms with van der Waals surface area (Å²) in [7, 11) is 0. The van der Waals surface area contributed by atoms with Crippen LogP contribution in [0.3, 0.4) is 0 Å². The second-order valence-corrected chi connectivity index (χ2v) is 4.76. The number of hydrogen-bond donors (Lipinski definition) is 2. The van der Waals surface area contributed by atoms with E-state index in [1.807, 2.05) is 30.3 Å². The Labute approximate surface area is 119 Å². The average molecular weight is 321 g/mol. The molecule has 0 bridgehead atoms. The number of anilines is 1. The highest BCUT2D eigenvalue weighted by atomic mass is 79.9. The van der Waals surface area contributed by atoms with Gasteiger partial charge in [-0.05, 0) is 21.5 Å². The largest absolute Gasteiger partial charge is 0.350 e. The Morgan fingerprint density at radius 2 is 1.84 bits per heavy atom. The number of benzene rings is 1. The van der Waals surface area contributed by atoms with Gasteiger partial charge in [0.05, 0.1) is 11.0 Å². The standard InChI is InChI=1S/C13H13BrN4O/c14-11-7-16-13(17-8-11)18-9-12(19)15-6-10-4-2-1-3-5-10/h1-5,7-8H,6,9H2,(H,15,19)(H,16,17,18). The zero-order valence-corrected chi connectivity index (χ0v) is 11.7. The molecule has 5 nitrogen and oxygen atoms in total. The number of nitrogens with zero attached hydrogens (tertiary/aromatic N) is 2. The Bertz CT molecular complexity index is 530. The molecule has 2 rings (SSSR count). The summed E-state index contributed by atoms with van der Waals surface area (Å²) in [5.41, 5.74) is 1.07. The smallest absolute Gasteiger partial charge is 0.239 e. The molecule has 0 radical (unpaired) electrons. The van der Waals surface area contributed by atoms with Gasteiger partial charge in [0.1, 0.15) is 0 Å². The number of carbonyl (C=O) groups is 1. The second kappa shape index (κ2) is 6.84. The fraction of sp³-hybridized carbons (Fsp3) is 0.154. The van der Waals surface area contributed by atoms with Crippen LogP contribution in [0.15, 0.2) is 47.2 Å². The van der Waals surface area contributed by atoms with Crippen LogP contribution in [0.25, 0.3) is 0 Å². The molecule has 6 heteroatoms. The normalized spacial score (nSPS) is 9.95. The molecule has 0 saturated carbocycles. The van der Waals surface area contributed by atoms with Crippen molar-refractivity contribution >= 4 is 27.8 Å². The summed E-state index contributed by atoms with van der Waals surface area (Å²) in [4.78, 5) is 19.7. The van der Waals surface area contributed by atoms with Gasteiger partial charge in [0.2, 0.25) is 11.9 Å². The number of nitrogens with one attached hydrogen (secondary N) is 2. The van der Waals surface area contributed by atoms with E-state index in [1.54, 1.807) is 12.4 Å². The highest BCUT2D eigenvalue weighted by Gasteiger charge is 2.02. The van der Waals surface area contributed by atoms with Crippen LogP contribution in [-0.2, 0) is 11.3 Å². The van der Waals surface area contributed by atoms with Crippen molar-refractivity contribution < 1.29 is 4.79 Å². The van der Waals surface area contributed by atoms with E-state index in [-0.39, 0.29) is 12.5 Å². The highest BCUT2D eigenvalue weighted by Crippen LogP contribution is 2.06. The van der Waals surface area contributed by atoms with E-state index < -0.39 is 0 Å². The van der Waals surface area contributed by atoms with Crippen LogP contribution in [0.2, 0.25) is 0 Å². The van der Waals surface area contributed by atoms with Crippen LogP contribution in [0.4, 0.5) is 5.95 Å². The average Bonchev–Trinajstić information content (AvgIpc) is 2.45. The molecular formula is C13H13BrN4O. The predicted molar refractivity (Wildman–Crippen MR) is 76.5 cm³/mol. The lowest BCUT2D eigenvalue weighted by atomic mass is 10.2. The third-order valence-electron chi connectivity index (χ3n) is 2.36. The Morgan fingerprint density at radius 3 is 2.53 bits per heavy atom. The van der Waals surface area contributed by atoms with E-state index in [1.165, 1.54) is 0 Å².